The first-order chi connectivity index (χ1) is 11.6. The number of nitrogens with zero attached hydrogens (tertiary/aromatic N) is 2. The summed E-state index contributed by atoms with van der Waals surface area (Å²) in [5.74, 6) is 0.281. The van der Waals surface area contributed by atoms with Gasteiger partial charge in [-0.05, 0) is 25.7 Å². The highest BCUT2D eigenvalue weighted by molar-refractivity contribution is 5.75. The number of allylic oxidation sites excluding steroid dienone is 4. The lowest BCUT2D eigenvalue weighted by molar-refractivity contribution is -0.140. The summed E-state index contributed by atoms with van der Waals surface area (Å²) < 4.78 is 11.1. The molecule has 2 aliphatic carbocycles. The van der Waals surface area contributed by atoms with Crippen LogP contribution >= 0.6 is 0 Å². The van der Waals surface area contributed by atoms with Crippen molar-refractivity contribution in [1.82, 2.24) is 9.97 Å². The highest BCUT2D eigenvalue weighted by atomic mass is 16.5. The molecule has 0 radical (unpaired) electrons. The summed E-state index contributed by atoms with van der Waals surface area (Å²) in [6.45, 7) is 2.49. The Kier molecular flexibility index (Phi) is 4.66. The van der Waals surface area contributed by atoms with Gasteiger partial charge >= 0.3 is 5.97 Å². The second kappa shape index (κ2) is 6.73. The number of ether oxygens (including phenoxy) is 2. The highest BCUT2D eigenvalue weighted by Crippen LogP contribution is 2.60. The number of hydrogen-bond acceptors (Lipinski definition) is 5. The molecule has 1 fully saturated rings. The molecule has 0 spiro atoms. The van der Waals surface area contributed by atoms with Crippen molar-refractivity contribution < 1.29 is 19.4 Å². The molecule has 128 valence electrons. The summed E-state index contributed by atoms with van der Waals surface area (Å²) in [4.78, 5) is 20.0. The minimum atomic E-state index is -0.751. The van der Waals surface area contributed by atoms with Crippen LogP contribution in [0.25, 0.3) is 0 Å². The Hall–Kier alpha value is -2.21. The van der Waals surface area contributed by atoms with Crippen LogP contribution < -0.4 is 4.74 Å². The largest absolute Gasteiger partial charge is 0.489 e. The number of methoxy groups -OCH3 is 1. The van der Waals surface area contributed by atoms with E-state index in [4.69, 9.17) is 9.47 Å². The van der Waals surface area contributed by atoms with Crippen molar-refractivity contribution in [2.45, 2.75) is 26.4 Å². The molecular formula is C18H22N2O4. The van der Waals surface area contributed by atoms with E-state index in [1.165, 1.54) is 0 Å². The Morgan fingerprint density at radius 1 is 1.46 bits per heavy atom. The van der Waals surface area contributed by atoms with E-state index in [0.29, 0.717) is 36.9 Å². The second-order valence-electron chi connectivity index (χ2n) is 6.43. The summed E-state index contributed by atoms with van der Waals surface area (Å²) in [7, 11) is 1.60. The zero-order valence-electron chi connectivity index (χ0n) is 13.9. The lowest BCUT2D eigenvalue weighted by Gasteiger charge is -2.26. The van der Waals surface area contributed by atoms with Gasteiger partial charge in [-0.1, -0.05) is 24.3 Å². The van der Waals surface area contributed by atoms with Crippen LogP contribution in [0.2, 0.25) is 0 Å². The van der Waals surface area contributed by atoms with Gasteiger partial charge in [-0.15, -0.1) is 0 Å². The zero-order valence-corrected chi connectivity index (χ0v) is 13.9. The second-order valence-corrected chi connectivity index (χ2v) is 6.43. The fourth-order valence-corrected chi connectivity index (χ4v) is 3.42. The van der Waals surface area contributed by atoms with Crippen molar-refractivity contribution in [3.63, 3.8) is 0 Å². The SMILES string of the molecule is COCc1nc(C)ncc1OC[C@@]1(C2C=CC=CC2)C[C@H]1C(=O)O. The van der Waals surface area contributed by atoms with Gasteiger partial charge in [0.2, 0.25) is 0 Å². The minimum absolute atomic E-state index is 0.181. The van der Waals surface area contributed by atoms with Crippen molar-refractivity contribution in [1.29, 1.82) is 0 Å². The van der Waals surface area contributed by atoms with Crippen LogP contribution in [0.5, 0.6) is 5.75 Å². The van der Waals surface area contributed by atoms with Crippen molar-refractivity contribution in [3.05, 3.63) is 42.0 Å². The maximum atomic E-state index is 11.5. The van der Waals surface area contributed by atoms with Gasteiger partial charge in [0.25, 0.3) is 0 Å². The average Bonchev–Trinajstić information content (AvgIpc) is 3.32. The van der Waals surface area contributed by atoms with Crippen molar-refractivity contribution in [2.75, 3.05) is 13.7 Å². The van der Waals surface area contributed by atoms with E-state index < -0.39 is 5.97 Å². The fourth-order valence-electron chi connectivity index (χ4n) is 3.42. The van der Waals surface area contributed by atoms with Gasteiger partial charge < -0.3 is 14.6 Å². The van der Waals surface area contributed by atoms with E-state index in [2.05, 4.69) is 22.1 Å². The quantitative estimate of drug-likeness (QED) is 0.827. The predicted octanol–water partition coefficient (Wildman–Crippen LogP) is 2.53. The first-order valence-corrected chi connectivity index (χ1v) is 8.07. The molecule has 0 aliphatic heterocycles. The third kappa shape index (κ3) is 3.19. The summed E-state index contributed by atoms with van der Waals surface area (Å²) in [6, 6.07) is 0. The molecule has 1 unspecified atom stereocenters. The van der Waals surface area contributed by atoms with Crippen LogP contribution in [0.15, 0.2) is 30.5 Å². The van der Waals surface area contributed by atoms with Gasteiger partial charge in [-0.25, -0.2) is 9.97 Å². The maximum absolute atomic E-state index is 11.5. The van der Waals surface area contributed by atoms with Crippen LogP contribution in [0.1, 0.15) is 24.4 Å². The third-order valence-electron chi connectivity index (χ3n) is 4.86. The number of aromatic nitrogens is 2. The molecular weight excluding hydrogens is 308 g/mol. The van der Waals surface area contributed by atoms with E-state index in [1.54, 1.807) is 13.3 Å². The van der Waals surface area contributed by atoms with Crippen LogP contribution in [0.4, 0.5) is 0 Å². The van der Waals surface area contributed by atoms with Gasteiger partial charge in [-0.3, -0.25) is 4.79 Å². The Morgan fingerprint density at radius 2 is 2.29 bits per heavy atom. The normalized spacial score (nSPS) is 27.9. The molecule has 24 heavy (non-hydrogen) atoms. The van der Waals surface area contributed by atoms with E-state index in [-0.39, 0.29) is 17.3 Å². The molecule has 0 aromatic carbocycles. The van der Waals surface area contributed by atoms with Crippen LogP contribution in [0, 0.1) is 24.2 Å². The number of carboxylic acids is 1. The molecule has 1 heterocycles. The standard InChI is InChI=1S/C18H22N2O4/c1-12-19-9-16(15(20-12)10-23-2)24-11-18(8-14(18)17(21)22)13-6-4-3-5-7-13/h3-6,9,13-14H,7-8,10-11H2,1-2H3,(H,21,22)/t13?,14-,18+/m0/s1. The predicted molar refractivity (Wildman–Crippen MR) is 87.5 cm³/mol. The molecule has 3 atom stereocenters. The van der Waals surface area contributed by atoms with Crippen LogP contribution in [0.3, 0.4) is 0 Å². The molecule has 1 aromatic heterocycles. The highest BCUT2D eigenvalue weighted by Gasteiger charge is 2.62. The van der Waals surface area contributed by atoms with Crippen molar-refractivity contribution in [2.24, 2.45) is 17.3 Å². The Labute approximate surface area is 141 Å². The average molecular weight is 330 g/mol. The number of aliphatic carboxylic acids is 1. The van der Waals surface area contributed by atoms with Crippen molar-refractivity contribution >= 4 is 5.97 Å². The molecule has 1 saturated carbocycles. The number of carboxylic acid groups (broad SMARTS) is 1. The number of carbonyl (C=O) groups is 1. The Bertz CT molecular complexity index is 686. The molecule has 1 N–H and O–H groups in total. The molecule has 3 rings (SSSR count). The summed E-state index contributed by atoms with van der Waals surface area (Å²) in [5.41, 5.74) is 0.328. The molecule has 2 aliphatic rings. The molecule has 0 saturated heterocycles. The zero-order chi connectivity index (χ0) is 17.2. The van der Waals surface area contributed by atoms with Gasteiger partial charge in [0.05, 0.1) is 25.3 Å². The third-order valence-corrected chi connectivity index (χ3v) is 4.86. The summed E-state index contributed by atoms with van der Waals surface area (Å²) in [5, 5.41) is 9.45. The van der Waals surface area contributed by atoms with Gasteiger partial charge in [0.15, 0.2) is 5.75 Å². The fraction of sp³-hybridized carbons (Fsp3) is 0.500. The number of rotatable bonds is 7. The number of aryl methyl sites for hydroxylation is 1. The topological polar surface area (TPSA) is 81.5 Å². The van der Waals surface area contributed by atoms with Crippen LogP contribution in [-0.4, -0.2) is 34.8 Å². The first-order valence-electron chi connectivity index (χ1n) is 8.07. The Morgan fingerprint density at radius 3 is 2.92 bits per heavy atom. The lowest BCUT2D eigenvalue weighted by atomic mass is 9.82. The molecule has 0 bridgehead atoms. The lowest BCUT2D eigenvalue weighted by Crippen LogP contribution is -2.27. The van der Waals surface area contributed by atoms with Gasteiger partial charge in [-0.2, -0.15) is 0 Å². The van der Waals surface area contributed by atoms with E-state index in [1.807, 2.05) is 19.1 Å². The summed E-state index contributed by atoms with van der Waals surface area (Å²) >= 11 is 0. The Balaban J connectivity index is 1.77. The molecule has 0 amide bonds. The van der Waals surface area contributed by atoms with Gasteiger partial charge in [0, 0.05) is 12.5 Å². The number of hydrogen-bond donors (Lipinski definition) is 1. The molecule has 6 heteroatoms. The minimum Gasteiger partial charge on any atom is -0.489 e. The van der Waals surface area contributed by atoms with Crippen LogP contribution in [-0.2, 0) is 16.1 Å². The van der Waals surface area contributed by atoms with E-state index in [0.717, 1.165) is 6.42 Å². The maximum Gasteiger partial charge on any atom is 0.307 e. The molecule has 6 nitrogen and oxygen atoms in total. The summed E-state index contributed by atoms with van der Waals surface area (Å²) in [6.07, 6.45) is 11.3. The van der Waals surface area contributed by atoms with Crippen molar-refractivity contribution in [3.8, 4) is 5.75 Å². The first kappa shape index (κ1) is 16.6. The monoisotopic (exact) mass is 330 g/mol. The van der Waals surface area contributed by atoms with Gasteiger partial charge in [0.1, 0.15) is 11.5 Å². The van der Waals surface area contributed by atoms with E-state index >= 15 is 0 Å². The van der Waals surface area contributed by atoms with E-state index in [9.17, 15) is 9.90 Å². The molecule has 1 aromatic rings. The smallest absolute Gasteiger partial charge is 0.307 e.